The molecular formula is C26H27F3N4O2. The molecular weight excluding hydrogens is 457 g/mol. The Bertz CT molecular complexity index is 1220. The van der Waals surface area contributed by atoms with Crippen molar-refractivity contribution < 1.29 is 23.1 Å². The molecule has 184 valence electrons. The van der Waals surface area contributed by atoms with E-state index >= 15 is 0 Å². The van der Waals surface area contributed by atoms with E-state index in [9.17, 15) is 23.1 Å². The smallest absolute Gasteiger partial charge is 0.274 e. The van der Waals surface area contributed by atoms with Crippen LogP contribution in [0.15, 0.2) is 42.7 Å². The first kappa shape index (κ1) is 24.8. The minimum Gasteiger partial charge on any atom is -0.391 e. The van der Waals surface area contributed by atoms with Crippen molar-refractivity contribution in [2.75, 3.05) is 5.32 Å². The Hall–Kier alpha value is -3.30. The van der Waals surface area contributed by atoms with E-state index in [4.69, 9.17) is 5.73 Å². The lowest BCUT2D eigenvalue weighted by molar-refractivity contribution is 0.0521. The van der Waals surface area contributed by atoms with E-state index in [1.54, 1.807) is 19.2 Å². The molecule has 1 saturated carbocycles. The molecule has 0 aliphatic heterocycles. The summed E-state index contributed by atoms with van der Waals surface area (Å²) < 4.78 is 43.7. The molecule has 9 heteroatoms. The summed E-state index contributed by atoms with van der Waals surface area (Å²) in [5, 5.41) is 12.9. The fourth-order valence-electron chi connectivity index (χ4n) is 4.68. The first-order chi connectivity index (χ1) is 16.7. The number of rotatable bonds is 5. The average Bonchev–Trinajstić information content (AvgIpc) is 2.83. The third-order valence-electron chi connectivity index (χ3n) is 6.60. The largest absolute Gasteiger partial charge is 0.391 e. The summed E-state index contributed by atoms with van der Waals surface area (Å²) in [6, 6.07) is 5.74. The van der Waals surface area contributed by atoms with Gasteiger partial charge in [0.15, 0.2) is 0 Å². The number of aliphatic hydroxyl groups excluding tert-OH is 1. The minimum atomic E-state index is -0.953. The normalized spacial score (nSPS) is 22.1. The van der Waals surface area contributed by atoms with E-state index in [-0.39, 0.29) is 17.5 Å². The van der Waals surface area contributed by atoms with Gasteiger partial charge in [-0.1, -0.05) is 13.8 Å². The first-order valence-corrected chi connectivity index (χ1v) is 11.5. The number of anilines is 1. The molecule has 0 radical (unpaired) electrons. The molecule has 35 heavy (non-hydrogen) atoms. The number of carbonyl (C=O) groups is 1. The molecule has 6 nitrogen and oxygen atoms in total. The number of nitrogens with two attached hydrogens (primary N) is 1. The predicted octanol–water partition coefficient (Wildman–Crippen LogP) is 4.58. The van der Waals surface area contributed by atoms with Crippen molar-refractivity contribution >= 4 is 11.6 Å². The van der Waals surface area contributed by atoms with Gasteiger partial charge in [-0.2, -0.15) is 0 Å². The number of aryl methyl sites for hydroxylation is 1. The number of halogens is 3. The molecule has 4 N–H and O–H groups in total. The predicted molar refractivity (Wildman–Crippen MR) is 126 cm³/mol. The SMILES string of the molecule is CCc1cc(F)c(-c2nc(C(=O)Nc3cnccc3C3CC(C)C(O)C(N)C3)ccc2F)c(F)c1. The monoisotopic (exact) mass is 484 g/mol. The van der Waals surface area contributed by atoms with Crippen LogP contribution in [0.4, 0.5) is 18.9 Å². The van der Waals surface area contributed by atoms with Crippen LogP contribution in [-0.2, 0) is 6.42 Å². The Labute approximate surface area is 201 Å². The van der Waals surface area contributed by atoms with Crippen molar-refractivity contribution in [1.82, 2.24) is 9.97 Å². The highest BCUT2D eigenvalue weighted by Gasteiger charge is 2.34. The number of nitrogens with zero attached hydrogens (tertiary/aromatic N) is 2. The van der Waals surface area contributed by atoms with E-state index in [1.165, 1.54) is 6.20 Å². The number of amides is 1. The molecule has 4 rings (SSSR count). The van der Waals surface area contributed by atoms with E-state index in [2.05, 4.69) is 15.3 Å². The quantitative estimate of drug-likeness (QED) is 0.492. The van der Waals surface area contributed by atoms with Crippen LogP contribution in [0, 0.1) is 23.4 Å². The van der Waals surface area contributed by atoms with Gasteiger partial charge in [0, 0.05) is 12.2 Å². The maximum atomic E-state index is 14.6. The maximum absolute atomic E-state index is 14.6. The number of nitrogens with one attached hydrogen (secondary N) is 1. The van der Waals surface area contributed by atoms with Gasteiger partial charge in [-0.15, -0.1) is 0 Å². The lowest BCUT2D eigenvalue weighted by Crippen LogP contribution is -2.44. The standard InChI is InChI=1S/C26H27F3N4O2/c1-3-14-9-18(28)23(19(29)10-14)24-17(27)4-5-21(32-24)26(35)33-22-12-31-7-6-16(22)15-8-13(2)25(34)20(30)11-15/h4-7,9-10,12-13,15,20,25,34H,3,8,11,30H2,1-2H3,(H,33,35). The molecule has 0 spiro atoms. The van der Waals surface area contributed by atoms with E-state index < -0.39 is 46.8 Å². The van der Waals surface area contributed by atoms with Gasteiger partial charge in [0.25, 0.3) is 5.91 Å². The fraction of sp³-hybridized carbons (Fsp3) is 0.346. The van der Waals surface area contributed by atoms with Crippen LogP contribution in [0.25, 0.3) is 11.3 Å². The van der Waals surface area contributed by atoms with Crippen LogP contribution < -0.4 is 11.1 Å². The number of aromatic nitrogens is 2. The van der Waals surface area contributed by atoms with Crippen LogP contribution in [0.5, 0.6) is 0 Å². The third-order valence-corrected chi connectivity index (χ3v) is 6.60. The number of pyridine rings is 2. The summed E-state index contributed by atoms with van der Waals surface area (Å²) in [5.41, 5.74) is 6.34. The van der Waals surface area contributed by atoms with Gasteiger partial charge in [-0.3, -0.25) is 9.78 Å². The first-order valence-electron chi connectivity index (χ1n) is 11.5. The van der Waals surface area contributed by atoms with Crippen LogP contribution in [0.1, 0.15) is 54.2 Å². The topological polar surface area (TPSA) is 101 Å². The van der Waals surface area contributed by atoms with Gasteiger partial charge in [0.2, 0.25) is 0 Å². The summed E-state index contributed by atoms with van der Waals surface area (Å²) in [5.74, 6) is -3.57. The molecule has 3 aromatic rings. The summed E-state index contributed by atoms with van der Waals surface area (Å²) in [6.07, 6.45) is 4.11. The lowest BCUT2D eigenvalue weighted by atomic mass is 9.74. The molecule has 2 heterocycles. The summed E-state index contributed by atoms with van der Waals surface area (Å²) in [7, 11) is 0. The summed E-state index contributed by atoms with van der Waals surface area (Å²) >= 11 is 0. The van der Waals surface area contributed by atoms with E-state index in [0.29, 0.717) is 30.5 Å². The van der Waals surface area contributed by atoms with Crippen LogP contribution in [-0.4, -0.2) is 33.1 Å². The molecule has 1 aliphatic carbocycles. The van der Waals surface area contributed by atoms with Gasteiger partial charge < -0.3 is 16.2 Å². The zero-order valence-electron chi connectivity index (χ0n) is 19.4. The Morgan fingerprint density at radius 2 is 1.86 bits per heavy atom. The third kappa shape index (κ3) is 5.06. The zero-order valence-corrected chi connectivity index (χ0v) is 19.4. The van der Waals surface area contributed by atoms with Crippen molar-refractivity contribution in [3.05, 3.63) is 77.0 Å². The Balaban J connectivity index is 1.64. The number of hydrogen-bond donors (Lipinski definition) is 3. The molecule has 0 saturated heterocycles. The average molecular weight is 485 g/mol. The van der Waals surface area contributed by atoms with Gasteiger partial charge >= 0.3 is 0 Å². The van der Waals surface area contributed by atoms with Crippen LogP contribution in [0.2, 0.25) is 0 Å². The Morgan fingerprint density at radius 3 is 2.51 bits per heavy atom. The molecule has 1 amide bonds. The maximum Gasteiger partial charge on any atom is 0.274 e. The molecule has 1 aromatic carbocycles. The van der Waals surface area contributed by atoms with Crippen molar-refractivity contribution in [2.24, 2.45) is 11.7 Å². The summed E-state index contributed by atoms with van der Waals surface area (Å²) in [4.78, 5) is 21.1. The second kappa shape index (κ2) is 10.1. The van der Waals surface area contributed by atoms with Gasteiger partial charge in [-0.05, 0) is 72.6 Å². The highest BCUT2D eigenvalue weighted by atomic mass is 19.1. The van der Waals surface area contributed by atoms with Crippen LogP contribution >= 0.6 is 0 Å². The van der Waals surface area contributed by atoms with Crippen molar-refractivity contribution in [3.8, 4) is 11.3 Å². The van der Waals surface area contributed by atoms with Crippen molar-refractivity contribution in [3.63, 3.8) is 0 Å². The minimum absolute atomic E-state index is 0.0151. The number of carbonyl (C=O) groups excluding carboxylic acids is 1. The Kier molecular flexibility index (Phi) is 7.18. The van der Waals surface area contributed by atoms with Crippen molar-refractivity contribution in [2.45, 2.75) is 51.2 Å². The molecule has 4 unspecified atom stereocenters. The molecule has 1 aliphatic rings. The van der Waals surface area contributed by atoms with Gasteiger partial charge in [-0.25, -0.2) is 18.2 Å². The molecule has 4 atom stereocenters. The lowest BCUT2D eigenvalue weighted by Gasteiger charge is -2.36. The number of aliphatic hydroxyl groups is 1. The van der Waals surface area contributed by atoms with Crippen molar-refractivity contribution in [1.29, 1.82) is 0 Å². The fourth-order valence-corrected chi connectivity index (χ4v) is 4.68. The van der Waals surface area contributed by atoms with Crippen LogP contribution in [0.3, 0.4) is 0 Å². The second-order valence-electron chi connectivity index (χ2n) is 9.03. The van der Waals surface area contributed by atoms with E-state index in [1.807, 2.05) is 6.92 Å². The second-order valence-corrected chi connectivity index (χ2v) is 9.03. The number of hydrogen-bond acceptors (Lipinski definition) is 5. The number of benzene rings is 1. The highest BCUT2D eigenvalue weighted by molar-refractivity contribution is 6.03. The molecule has 1 fully saturated rings. The highest BCUT2D eigenvalue weighted by Crippen LogP contribution is 2.38. The van der Waals surface area contributed by atoms with Gasteiger partial charge in [0.05, 0.1) is 23.6 Å². The van der Waals surface area contributed by atoms with Gasteiger partial charge in [0.1, 0.15) is 28.8 Å². The van der Waals surface area contributed by atoms with E-state index in [0.717, 1.165) is 29.8 Å². The molecule has 0 bridgehead atoms. The summed E-state index contributed by atoms with van der Waals surface area (Å²) in [6.45, 7) is 3.67. The molecule has 2 aromatic heterocycles. The Morgan fingerprint density at radius 1 is 1.14 bits per heavy atom. The zero-order chi connectivity index (χ0) is 25.3.